The lowest BCUT2D eigenvalue weighted by Crippen LogP contribution is -2.16. The van der Waals surface area contributed by atoms with E-state index in [-0.39, 0.29) is 5.92 Å². The van der Waals surface area contributed by atoms with Gasteiger partial charge in [-0.2, -0.15) is 0 Å². The van der Waals surface area contributed by atoms with Crippen molar-refractivity contribution >= 4 is 38.2 Å². The fraction of sp³-hybridized carbons (Fsp3) is 0.692. The lowest BCUT2D eigenvalue weighted by atomic mass is 10.1. The van der Waals surface area contributed by atoms with E-state index in [1.54, 1.807) is 6.92 Å². The molecule has 5 nitrogen and oxygen atoms in total. The molecule has 0 saturated heterocycles. The molecule has 20 heavy (non-hydrogen) atoms. The largest absolute Gasteiger partial charge is 0.369 e. The molecule has 0 fully saturated rings. The van der Waals surface area contributed by atoms with Gasteiger partial charge in [-0.15, -0.1) is 0 Å². The summed E-state index contributed by atoms with van der Waals surface area (Å²) in [7, 11) is -3.20. The van der Waals surface area contributed by atoms with Crippen LogP contribution in [0.1, 0.15) is 56.8 Å². The zero-order chi connectivity index (χ0) is 15.5. The maximum Gasteiger partial charge on any atom is 0.157 e. The molecule has 0 bridgehead atoms. The number of nitrogens with one attached hydrogen (secondary N) is 1. The highest BCUT2D eigenvalue weighted by molar-refractivity contribution is 14.1. The van der Waals surface area contributed by atoms with Crippen molar-refractivity contribution in [2.45, 2.75) is 45.3 Å². The fourth-order valence-corrected chi connectivity index (χ4v) is 3.14. The Bertz CT molecular complexity index is 573. The summed E-state index contributed by atoms with van der Waals surface area (Å²) in [5, 5.41) is 2.56. The van der Waals surface area contributed by atoms with Crippen molar-refractivity contribution in [3.05, 3.63) is 15.1 Å². The van der Waals surface area contributed by atoms with Crippen LogP contribution in [0.25, 0.3) is 0 Å². The Morgan fingerprint density at radius 1 is 1.25 bits per heavy atom. The standard InChI is InChI=1S/C13H22IN3O2S/c1-6-7-15-13-10(14)11(8(2)3)16-12(17-13)9(4)20(5,18)19/h8-9H,6-7H2,1-5H3,(H,15,16,17). The van der Waals surface area contributed by atoms with Crippen LogP contribution >= 0.6 is 22.6 Å². The second-order valence-electron chi connectivity index (χ2n) is 5.18. The van der Waals surface area contributed by atoms with Crippen LogP contribution in [0.3, 0.4) is 0 Å². The second kappa shape index (κ2) is 7.02. The minimum atomic E-state index is -3.20. The predicted octanol–water partition coefficient (Wildman–Crippen LogP) is 3.13. The molecule has 0 aliphatic heterocycles. The molecule has 1 atom stereocenters. The lowest BCUT2D eigenvalue weighted by Gasteiger charge is -2.17. The van der Waals surface area contributed by atoms with Crippen molar-refractivity contribution in [3.63, 3.8) is 0 Å². The first-order chi connectivity index (χ1) is 9.18. The SMILES string of the molecule is CCCNc1nc(C(C)S(C)(=O)=O)nc(C(C)C)c1I. The number of anilines is 1. The van der Waals surface area contributed by atoms with Gasteiger partial charge in [-0.25, -0.2) is 18.4 Å². The van der Waals surface area contributed by atoms with Crippen molar-refractivity contribution < 1.29 is 8.42 Å². The number of aromatic nitrogens is 2. The monoisotopic (exact) mass is 411 g/mol. The minimum Gasteiger partial charge on any atom is -0.369 e. The Hall–Kier alpha value is -0.440. The molecule has 0 spiro atoms. The van der Waals surface area contributed by atoms with E-state index in [2.05, 4.69) is 44.8 Å². The number of rotatable bonds is 6. The zero-order valence-corrected chi connectivity index (χ0v) is 15.5. The van der Waals surface area contributed by atoms with E-state index in [4.69, 9.17) is 0 Å². The molecule has 0 aliphatic carbocycles. The second-order valence-corrected chi connectivity index (χ2v) is 8.63. The third kappa shape index (κ3) is 4.28. The zero-order valence-electron chi connectivity index (χ0n) is 12.6. The topological polar surface area (TPSA) is 72.0 Å². The summed E-state index contributed by atoms with van der Waals surface area (Å²) < 4.78 is 24.4. The first-order valence-corrected chi connectivity index (χ1v) is 9.71. The maximum absolute atomic E-state index is 11.7. The van der Waals surface area contributed by atoms with Gasteiger partial charge in [0, 0.05) is 12.8 Å². The third-order valence-electron chi connectivity index (χ3n) is 2.99. The van der Waals surface area contributed by atoms with Crippen LogP contribution in [0.5, 0.6) is 0 Å². The molecule has 1 heterocycles. The minimum absolute atomic E-state index is 0.220. The van der Waals surface area contributed by atoms with E-state index >= 15 is 0 Å². The molecular formula is C13H22IN3O2S. The molecule has 0 amide bonds. The summed E-state index contributed by atoms with van der Waals surface area (Å²) in [6, 6.07) is 0. The molecule has 1 rings (SSSR count). The highest BCUT2D eigenvalue weighted by Crippen LogP contribution is 2.28. The lowest BCUT2D eigenvalue weighted by molar-refractivity contribution is 0.588. The van der Waals surface area contributed by atoms with E-state index in [0.29, 0.717) is 5.82 Å². The van der Waals surface area contributed by atoms with E-state index in [9.17, 15) is 8.42 Å². The van der Waals surface area contributed by atoms with Crippen LogP contribution in [-0.2, 0) is 9.84 Å². The molecule has 114 valence electrons. The number of hydrogen-bond acceptors (Lipinski definition) is 5. The summed E-state index contributed by atoms with van der Waals surface area (Å²) >= 11 is 2.22. The summed E-state index contributed by atoms with van der Waals surface area (Å²) in [6.07, 6.45) is 2.20. The molecule has 0 saturated carbocycles. The fourth-order valence-electron chi connectivity index (χ4n) is 1.60. The Kier molecular flexibility index (Phi) is 6.18. The van der Waals surface area contributed by atoms with Crippen molar-refractivity contribution in [1.82, 2.24) is 9.97 Å². The smallest absolute Gasteiger partial charge is 0.157 e. The molecule has 1 unspecified atom stereocenters. The van der Waals surface area contributed by atoms with Crippen molar-refractivity contribution in [3.8, 4) is 0 Å². The quantitative estimate of drug-likeness (QED) is 0.729. The van der Waals surface area contributed by atoms with Crippen molar-refractivity contribution in [2.75, 3.05) is 18.1 Å². The highest BCUT2D eigenvalue weighted by Gasteiger charge is 2.24. The normalized spacial score (nSPS) is 13.6. The summed E-state index contributed by atoms with van der Waals surface area (Å²) in [5.74, 6) is 1.32. The average molecular weight is 411 g/mol. The number of sulfone groups is 1. The van der Waals surface area contributed by atoms with Crippen LogP contribution < -0.4 is 5.32 Å². The van der Waals surface area contributed by atoms with Crippen molar-refractivity contribution in [2.24, 2.45) is 0 Å². The van der Waals surface area contributed by atoms with Crippen LogP contribution in [0, 0.1) is 3.57 Å². The molecule has 7 heteroatoms. The molecular weight excluding hydrogens is 389 g/mol. The van der Waals surface area contributed by atoms with Crippen LogP contribution in [-0.4, -0.2) is 31.2 Å². The summed E-state index contributed by atoms with van der Waals surface area (Å²) in [4.78, 5) is 8.88. The Morgan fingerprint density at radius 3 is 2.30 bits per heavy atom. The molecule has 1 aromatic heterocycles. The van der Waals surface area contributed by atoms with Gasteiger partial charge in [0.25, 0.3) is 0 Å². The van der Waals surface area contributed by atoms with Crippen LogP contribution in [0.15, 0.2) is 0 Å². The van der Waals surface area contributed by atoms with E-state index in [1.165, 1.54) is 6.26 Å². The molecule has 0 aromatic carbocycles. The average Bonchev–Trinajstić information content (AvgIpc) is 2.35. The molecule has 0 aliphatic rings. The van der Waals surface area contributed by atoms with Gasteiger partial charge in [0.05, 0.1) is 9.26 Å². The summed E-state index contributed by atoms with van der Waals surface area (Å²) in [6.45, 7) is 8.60. The predicted molar refractivity (Wildman–Crippen MR) is 90.9 cm³/mol. The first kappa shape index (κ1) is 17.6. The van der Waals surface area contributed by atoms with Gasteiger partial charge in [-0.1, -0.05) is 20.8 Å². The summed E-state index contributed by atoms with van der Waals surface area (Å²) in [5.41, 5.74) is 0.893. The molecule has 0 radical (unpaired) electrons. The Morgan fingerprint density at radius 2 is 1.85 bits per heavy atom. The first-order valence-electron chi connectivity index (χ1n) is 6.68. The van der Waals surface area contributed by atoms with Crippen LogP contribution in [0.4, 0.5) is 5.82 Å². The van der Waals surface area contributed by atoms with Gasteiger partial charge in [0.2, 0.25) is 0 Å². The van der Waals surface area contributed by atoms with Gasteiger partial charge in [0.15, 0.2) is 9.84 Å². The number of halogens is 1. The van der Waals surface area contributed by atoms with E-state index < -0.39 is 15.1 Å². The molecule has 1 aromatic rings. The van der Waals surface area contributed by atoms with Crippen molar-refractivity contribution in [1.29, 1.82) is 0 Å². The van der Waals surface area contributed by atoms with E-state index in [0.717, 1.165) is 28.0 Å². The van der Waals surface area contributed by atoms with Gasteiger partial charge in [-0.05, 0) is 41.9 Å². The van der Waals surface area contributed by atoms with Gasteiger partial charge < -0.3 is 5.32 Å². The number of hydrogen-bond donors (Lipinski definition) is 1. The third-order valence-corrected chi connectivity index (χ3v) is 5.55. The van der Waals surface area contributed by atoms with E-state index in [1.807, 2.05) is 13.8 Å². The Balaban J connectivity index is 3.36. The van der Waals surface area contributed by atoms with Gasteiger partial charge in [0.1, 0.15) is 16.9 Å². The van der Waals surface area contributed by atoms with Gasteiger partial charge >= 0.3 is 0 Å². The highest BCUT2D eigenvalue weighted by atomic mass is 127. The van der Waals surface area contributed by atoms with Crippen LogP contribution in [0.2, 0.25) is 0 Å². The van der Waals surface area contributed by atoms with Gasteiger partial charge in [-0.3, -0.25) is 0 Å². The Labute approximate surface area is 135 Å². The number of nitrogens with zero attached hydrogens (tertiary/aromatic N) is 2. The molecule has 1 N–H and O–H groups in total. The maximum atomic E-state index is 11.7.